The van der Waals surface area contributed by atoms with Gasteiger partial charge in [0.25, 0.3) is 0 Å². The van der Waals surface area contributed by atoms with E-state index in [1.54, 1.807) is 13.3 Å². The summed E-state index contributed by atoms with van der Waals surface area (Å²) in [6.07, 6.45) is 4.30. The Labute approximate surface area is 83.9 Å². The molecule has 0 unspecified atom stereocenters. The Hall–Kier alpha value is -1.16. The monoisotopic (exact) mass is 193 g/mol. The second-order valence-corrected chi connectivity index (χ2v) is 3.48. The first kappa shape index (κ1) is 9.40. The Morgan fingerprint density at radius 3 is 2.93 bits per heavy atom. The molecule has 0 saturated carbocycles. The lowest BCUT2D eigenvalue weighted by atomic mass is 10.4. The Bertz CT molecular complexity index is 297. The second kappa shape index (κ2) is 4.37. The summed E-state index contributed by atoms with van der Waals surface area (Å²) in [7, 11) is 1.68. The average Bonchev–Trinajstić information content (AvgIpc) is 2.71. The molecule has 1 saturated heterocycles. The van der Waals surface area contributed by atoms with Gasteiger partial charge in [0, 0.05) is 26.4 Å². The predicted octanol–water partition coefficient (Wildman–Crippen LogP) is 1.22. The van der Waals surface area contributed by atoms with Crippen LogP contribution >= 0.6 is 0 Å². The Morgan fingerprint density at radius 1 is 1.43 bits per heavy atom. The molecule has 2 rings (SSSR count). The van der Waals surface area contributed by atoms with Crippen LogP contribution in [0.1, 0.15) is 18.5 Å². The van der Waals surface area contributed by atoms with Crippen molar-refractivity contribution in [3.8, 4) is 0 Å². The van der Waals surface area contributed by atoms with Gasteiger partial charge in [-0.15, -0.1) is 0 Å². The van der Waals surface area contributed by atoms with Crippen molar-refractivity contribution in [2.45, 2.75) is 19.4 Å². The smallest absolute Gasteiger partial charge is 0.225 e. The molecule has 1 aromatic rings. The molecule has 1 aliphatic rings. The molecule has 76 valence electrons. The normalized spacial score (nSPS) is 16.2. The minimum atomic E-state index is 0.559. The van der Waals surface area contributed by atoms with Gasteiger partial charge in [-0.1, -0.05) is 0 Å². The van der Waals surface area contributed by atoms with Crippen molar-refractivity contribution >= 4 is 5.95 Å². The van der Waals surface area contributed by atoms with Crippen LogP contribution in [-0.2, 0) is 11.3 Å². The van der Waals surface area contributed by atoms with Crippen molar-refractivity contribution in [2.75, 3.05) is 25.1 Å². The summed E-state index contributed by atoms with van der Waals surface area (Å²) in [6, 6.07) is 1.89. The molecule has 0 amide bonds. The van der Waals surface area contributed by atoms with E-state index in [4.69, 9.17) is 4.74 Å². The fraction of sp³-hybridized carbons (Fsp3) is 0.600. The quantitative estimate of drug-likeness (QED) is 0.723. The maximum absolute atomic E-state index is 5.04. The molecular weight excluding hydrogens is 178 g/mol. The van der Waals surface area contributed by atoms with Gasteiger partial charge in [-0.05, 0) is 18.9 Å². The molecule has 14 heavy (non-hydrogen) atoms. The molecular formula is C10H15N3O. The van der Waals surface area contributed by atoms with E-state index in [1.807, 2.05) is 6.07 Å². The lowest BCUT2D eigenvalue weighted by molar-refractivity contribution is 0.181. The third kappa shape index (κ3) is 2.01. The third-order valence-electron chi connectivity index (χ3n) is 2.38. The van der Waals surface area contributed by atoms with Crippen molar-refractivity contribution in [3.63, 3.8) is 0 Å². The maximum atomic E-state index is 5.04. The van der Waals surface area contributed by atoms with Crippen molar-refractivity contribution in [1.29, 1.82) is 0 Å². The minimum Gasteiger partial charge on any atom is -0.378 e. The predicted molar refractivity (Wildman–Crippen MR) is 54.2 cm³/mol. The summed E-state index contributed by atoms with van der Waals surface area (Å²) in [5.41, 5.74) is 0.949. The van der Waals surface area contributed by atoms with E-state index in [1.165, 1.54) is 12.8 Å². The number of nitrogens with zero attached hydrogens (tertiary/aromatic N) is 3. The first-order valence-corrected chi connectivity index (χ1v) is 4.96. The molecule has 1 fully saturated rings. The van der Waals surface area contributed by atoms with Gasteiger partial charge >= 0.3 is 0 Å². The summed E-state index contributed by atoms with van der Waals surface area (Å²) in [4.78, 5) is 10.9. The van der Waals surface area contributed by atoms with Crippen LogP contribution in [0, 0.1) is 0 Å². The van der Waals surface area contributed by atoms with Gasteiger partial charge in [0.2, 0.25) is 5.95 Å². The van der Waals surface area contributed by atoms with E-state index in [0.29, 0.717) is 6.61 Å². The van der Waals surface area contributed by atoms with Crippen LogP contribution in [0.2, 0.25) is 0 Å². The van der Waals surface area contributed by atoms with E-state index < -0.39 is 0 Å². The lowest BCUT2D eigenvalue weighted by Gasteiger charge is -2.14. The van der Waals surface area contributed by atoms with Gasteiger partial charge in [-0.25, -0.2) is 9.97 Å². The topological polar surface area (TPSA) is 38.2 Å². The highest BCUT2D eigenvalue weighted by molar-refractivity contribution is 5.31. The molecule has 0 spiro atoms. The van der Waals surface area contributed by atoms with Crippen LogP contribution in [0.5, 0.6) is 0 Å². The molecule has 0 aliphatic carbocycles. The van der Waals surface area contributed by atoms with Crippen LogP contribution in [0.25, 0.3) is 0 Å². The zero-order valence-corrected chi connectivity index (χ0v) is 8.44. The highest BCUT2D eigenvalue weighted by atomic mass is 16.5. The van der Waals surface area contributed by atoms with E-state index >= 15 is 0 Å². The van der Waals surface area contributed by atoms with Gasteiger partial charge in [-0.3, -0.25) is 0 Å². The van der Waals surface area contributed by atoms with Crippen molar-refractivity contribution < 1.29 is 4.74 Å². The number of anilines is 1. The standard InChI is InChI=1S/C10H15N3O/c1-14-8-9-4-5-11-10(12-9)13-6-2-3-7-13/h4-5H,2-3,6-8H2,1H3. The lowest BCUT2D eigenvalue weighted by Crippen LogP contribution is -2.20. The van der Waals surface area contributed by atoms with Crippen LogP contribution in [0.4, 0.5) is 5.95 Å². The van der Waals surface area contributed by atoms with Crippen molar-refractivity contribution in [2.24, 2.45) is 0 Å². The van der Waals surface area contributed by atoms with E-state index in [-0.39, 0.29) is 0 Å². The minimum absolute atomic E-state index is 0.559. The SMILES string of the molecule is COCc1ccnc(N2CCCC2)n1. The van der Waals surface area contributed by atoms with Crippen LogP contribution < -0.4 is 4.90 Å². The number of rotatable bonds is 3. The van der Waals surface area contributed by atoms with Crippen molar-refractivity contribution in [3.05, 3.63) is 18.0 Å². The zero-order chi connectivity index (χ0) is 9.80. The molecule has 0 N–H and O–H groups in total. The largest absolute Gasteiger partial charge is 0.378 e. The van der Waals surface area contributed by atoms with Crippen LogP contribution in [0.3, 0.4) is 0 Å². The Kier molecular flexibility index (Phi) is 2.93. The van der Waals surface area contributed by atoms with Gasteiger partial charge in [-0.2, -0.15) is 0 Å². The van der Waals surface area contributed by atoms with E-state index in [0.717, 1.165) is 24.7 Å². The molecule has 0 radical (unpaired) electrons. The number of methoxy groups -OCH3 is 1. The summed E-state index contributed by atoms with van der Waals surface area (Å²) in [5.74, 6) is 0.844. The number of ether oxygens (including phenoxy) is 1. The van der Waals surface area contributed by atoms with Gasteiger partial charge in [0.05, 0.1) is 12.3 Å². The number of aromatic nitrogens is 2. The van der Waals surface area contributed by atoms with E-state index in [9.17, 15) is 0 Å². The number of hydrogen-bond acceptors (Lipinski definition) is 4. The molecule has 0 bridgehead atoms. The maximum Gasteiger partial charge on any atom is 0.225 e. The molecule has 0 aromatic carbocycles. The molecule has 4 heteroatoms. The number of hydrogen-bond donors (Lipinski definition) is 0. The van der Waals surface area contributed by atoms with E-state index in [2.05, 4.69) is 14.9 Å². The first-order valence-electron chi connectivity index (χ1n) is 4.96. The third-order valence-corrected chi connectivity index (χ3v) is 2.38. The molecule has 1 aliphatic heterocycles. The fourth-order valence-electron chi connectivity index (χ4n) is 1.68. The molecule has 2 heterocycles. The Balaban J connectivity index is 2.12. The second-order valence-electron chi connectivity index (χ2n) is 3.48. The summed E-state index contributed by atoms with van der Waals surface area (Å²) in [5, 5.41) is 0. The average molecular weight is 193 g/mol. The highest BCUT2D eigenvalue weighted by Crippen LogP contribution is 2.15. The van der Waals surface area contributed by atoms with Gasteiger partial charge in [0.15, 0.2) is 0 Å². The Morgan fingerprint density at radius 2 is 2.21 bits per heavy atom. The van der Waals surface area contributed by atoms with Gasteiger partial charge in [0.1, 0.15) is 0 Å². The molecule has 0 atom stereocenters. The summed E-state index contributed by atoms with van der Waals surface area (Å²) in [6.45, 7) is 2.72. The van der Waals surface area contributed by atoms with Crippen molar-refractivity contribution in [1.82, 2.24) is 9.97 Å². The first-order chi connectivity index (χ1) is 6.90. The van der Waals surface area contributed by atoms with Crippen LogP contribution in [0.15, 0.2) is 12.3 Å². The van der Waals surface area contributed by atoms with Crippen LogP contribution in [-0.4, -0.2) is 30.2 Å². The van der Waals surface area contributed by atoms with Gasteiger partial charge < -0.3 is 9.64 Å². The summed E-state index contributed by atoms with van der Waals surface area (Å²) >= 11 is 0. The molecule has 1 aromatic heterocycles. The molecule has 4 nitrogen and oxygen atoms in total. The summed E-state index contributed by atoms with van der Waals surface area (Å²) < 4.78 is 5.04. The fourth-order valence-corrected chi connectivity index (χ4v) is 1.68. The zero-order valence-electron chi connectivity index (χ0n) is 8.44. The highest BCUT2D eigenvalue weighted by Gasteiger charge is 2.14.